The highest BCUT2D eigenvalue weighted by atomic mass is 35.5. The molecule has 0 radical (unpaired) electrons. The van der Waals surface area contributed by atoms with Crippen LogP contribution >= 0.6 is 11.6 Å². The molecule has 0 N–H and O–H groups in total. The number of carbonyl (C=O) groups is 1. The van der Waals surface area contributed by atoms with Gasteiger partial charge in [-0.25, -0.2) is 0 Å². The second-order valence-electron chi connectivity index (χ2n) is 6.77. The quantitative estimate of drug-likeness (QED) is 0.654. The molecule has 26 heavy (non-hydrogen) atoms. The van der Waals surface area contributed by atoms with Gasteiger partial charge in [0.25, 0.3) is 5.91 Å². The second kappa shape index (κ2) is 7.00. The third kappa shape index (κ3) is 3.27. The smallest absolute Gasteiger partial charge is 0.253 e. The van der Waals surface area contributed by atoms with E-state index in [1.165, 1.54) is 5.56 Å². The summed E-state index contributed by atoms with van der Waals surface area (Å²) in [4.78, 5) is 17.1. The van der Waals surface area contributed by atoms with E-state index in [-0.39, 0.29) is 5.91 Å². The zero-order valence-corrected chi connectivity index (χ0v) is 15.5. The number of aryl methyl sites for hydroxylation is 1. The summed E-state index contributed by atoms with van der Waals surface area (Å²) in [5.41, 5.74) is 3.13. The SMILES string of the molecule is Cc1ccc(Cl)cc1N1CCN(C(=O)c2ccc3ccccc3c2)CC1. The van der Waals surface area contributed by atoms with Crippen LogP contribution in [0.2, 0.25) is 5.02 Å². The van der Waals surface area contributed by atoms with Gasteiger partial charge in [-0.3, -0.25) is 4.79 Å². The largest absolute Gasteiger partial charge is 0.368 e. The molecule has 3 nitrogen and oxygen atoms in total. The molecule has 132 valence electrons. The second-order valence-corrected chi connectivity index (χ2v) is 7.21. The number of hydrogen-bond donors (Lipinski definition) is 0. The molecule has 0 saturated carbocycles. The number of fused-ring (bicyclic) bond motifs is 1. The Morgan fingerprint density at radius 2 is 1.62 bits per heavy atom. The van der Waals surface area contributed by atoms with Crippen LogP contribution in [0, 0.1) is 6.92 Å². The number of piperazine rings is 1. The third-order valence-electron chi connectivity index (χ3n) is 5.08. The average molecular weight is 365 g/mol. The Morgan fingerprint density at radius 1 is 0.885 bits per heavy atom. The first-order valence-electron chi connectivity index (χ1n) is 8.91. The van der Waals surface area contributed by atoms with Crippen molar-refractivity contribution in [2.45, 2.75) is 6.92 Å². The van der Waals surface area contributed by atoms with Crippen molar-refractivity contribution in [3.05, 3.63) is 76.8 Å². The minimum absolute atomic E-state index is 0.109. The first kappa shape index (κ1) is 16.9. The molecule has 1 amide bonds. The Hall–Kier alpha value is -2.52. The maximum absolute atomic E-state index is 12.9. The number of rotatable bonds is 2. The molecular formula is C22H21ClN2O. The highest BCUT2D eigenvalue weighted by Crippen LogP contribution is 2.26. The standard InChI is InChI=1S/C22H21ClN2O/c1-16-6-9-20(23)15-21(16)24-10-12-25(13-11-24)22(26)19-8-7-17-4-2-3-5-18(17)14-19/h2-9,14-15H,10-13H2,1H3. The summed E-state index contributed by atoms with van der Waals surface area (Å²) >= 11 is 6.15. The van der Waals surface area contributed by atoms with Crippen molar-refractivity contribution in [2.75, 3.05) is 31.1 Å². The molecule has 0 bridgehead atoms. The number of nitrogens with zero attached hydrogens (tertiary/aromatic N) is 2. The maximum atomic E-state index is 12.9. The summed E-state index contributed by atoms with van der Waals surface area (Å²) in [6, 6.07) is 20.0. The Kier molecular flexibility index (Phi) is 4.56. The van der Waals surface area contributed by atoms with E-state index in [1.54, 1.807) is 0 Å². The zero-order valence-electron chi connectivity index (χ0n) is 14.8. The normalized spacial score (nSPS) is 14.7. The van der Waals surface area contributed by atoms with Crippen LogP contribution in [-0.4, -0.2) is 37.0 Å². The summed E-state index contributed by atoms with van der Waals surface area (Å²) in [5.74, 6) is 0.109. The molecule has 4 heteroatoms. The van der Waals surface area contributed by atoms with Gasteiger partial charge in [0.1, 0.15) is 0 Å². The fourth-order valence-corrected chi connectivity index (χ4v) is 3.74. The van der Waals surface area contributed by atoms with Gasteiger partial charge in [-0.15, -0.1) is 0 Å². The van der Waals surface area contributed by atoms with E-state index in [9.17, 15) is 4.79 Å². The number of halogens is 1. The van der Waals surface area contributed by atoms with E-state index in [0.29, 0.717) is 0 Å². The van der Waals surface area contributed by atoms with Crippen molar-refractivity contribution < 1.29 is 4.79 Å². The molecule has 1 aliphatic rings. The Bertz CT molecular complexity index is 961. The van der Waals surface area contributed by atoms with Crippen molar-refractivity contribution in [1.29, 1.82) is 0 Å². The highest BCUT2D eigenvalue weighted by Gasteiger charge is 2.23. The summed E-state index contributed by atoms with van der Waals surface area (Å²) in [5, 5.41) is 3.01. The van der Waals surface area contributed by atoms with Crippen LogP contribution in [0.15, 0.2) is 60.7 Å². The molecule has 0 spiro atoms. The molecule has 1 aliphatic heterocycles. The zero-order chi connectivity index (χ0) is 18.1. The van der Waals surface area contributed by atoms with Gasteiger partial charge in [-0.1, -0.05) is 48.0 Å². The lowest BCUT2D eigenvalue weighted by atomic mass is 10.1. The van der Waals surface area contributed by atoms with E-state index < -0.39 is 0 Å². The summed E-state index contributed by atoms with van der Waals surface area (Å²) in [6.07, 6.45) is 0. The third-order valence-corrected chi connectivity index (χ3v) is 5.31. The van der Waals surface area contributed by atoms with Gasteiger partial charge in [0.05, 0.1) is 0 Å². The maximum Gasteiger partial charge on any atom is 0.253 e. The number of hydrogen-bond acceptors (Lipinski definition) is 2. The lowest BCUT2D eigenvalue weighted by molar-refractivity contribution is 0.0747. The van der Waals surface area contributed by atoms with Crippen LogP contribution in [0.3, 0.4) is 0 Å². The van der Waals surface area contributed by atoms with Crippen molar-refractivity contribution in [2.24, 2.45) is 0 Å². The number of carbonyl (C=O) groups excluding carboxylic acids is 1. The number of anilines is 1. The van der Waals surface area contributed by atoms with Gasteiger partial charge in [0, 0.05) is 42.5 Å². The van der Waals surface area contributed by atoms with E-state index >= 15 is 0 Å². The lowest BCUT2D eigenvalue weighted by Gasteiger charge is -2.37. The fourth-order valence-electron chi connectivity index (χ4n) is 3.58. The van der Waals surface area contributed by atoms with Gasteiger partial charge in [0.2, 0.25) is 0 Å². The average Bonchev–Trinajstić information content (AvgIpc) is 2.69. The van der Waals surface area contributed by atoms with Crippen molar-refractivity contribution in [1.82, 2.24) is 4.90 Å². The Morgan fingerprint density at radius 3 is 2.38 bits per heavy atom. The van der Waals surface area contributed by atoms with Crippen LogP contribution in [-0.2, 0) is 0 Å². The summed E-state index contributed by atoms with van der Waals surface area (Å²) in [6.45, 7) is 5.18. The van der Waals surface area contributed by atoms with Gasteiger partial charge in [0.15, 0.2) is 0 Å². The highest BCUT2D eigenvalue weighted by molar-refractivity contribution is 6.30. The molecule has 1 saturated heterocycles. The van der Waals surface area contributed by atoms with Crippen LogP contribution in [0.25, 0.3) is 10.8 Å². The molecule has 0 unspecified atom stereocenters. The van der Waals surface area contributed by atoms with E-state index in [1.807, 2.05) is 59.5 Å². The first-order valence-corrected chi connectivity index (χ1v) is 9.29. The lowest BCUT2D eigenvalue weighted by Crippen LogP contribution is -2.49. The van der Waals surface area contributed by atoms with E-state index in [2.05, 4.69) is 17.9 Å². The molecule has 3 aromatic rings. The van der Waals surface area contributed by atoms with Crippen molar-refractivity contribution in [3.63, 3.8) is 0 Å². The monoisotopic (exact) mass is 364 g/mol. The molecule has 3 aromatic carbocycles. The Labute approximate surface area is 158 Å². The topological polar surface area (TPSA) is 23.6 Å². The molecule has 0 aromatic heterocycles. The fraction of sp³-hybridized carbons (Fsp3) is 0.227. The van der Waals surface area contributed by atoms with Gasteiger partial charge in [-0.05, 0) is 47.5 Å². The molecule has 4 rings (SSSR count). The molecule has 1 fully saturated rings. The van der Waals surface area contributed by atoms with Crippen LogP contribution < -0.4 is 4.90 Å². The number of benzene rings is 3. The van der Waals surface area contributed by atoms with Crippen LogP contribution in [0.5, 0.6) is 0 Å². The summed E-state index contributed by atoms with van der Waals surface area (Å²) in [7, 11) is 0. The van der Waals surface area contributed by atoms with Gasteiger partial charge < -0.3 is 9.80 Å². The molecule has 0 atom stereocenters. The summed E-state index contributed by atoms with van der Waals surface area (Å²) < 4.78 is 0. The predicted octanol–water partition coefficient (Wildman–Crippen LogP) is 4.76. The van der Waals surface area contributed by atoms with Crippen LogP contribution in [0.4, 0.5) is 5.69 Å². The number of amides is 1. The van der Waals surface area contributed by atoms with Gasteiger partial charge >= 0.3 is 0 Å². The molecule has 1 heterocycles. The van der Waals surface area contributed by atoms with Crippen molar-refractivity contribution >= 4 is 34.0 Å². The van der Waals surface area contributed by atoms with E-state index in [4.69, 9.17) is 11.6 Å². The first-order chi connectivity index (χ1) is 12.6. The van der Waals surface area contributed by atoms with Gasteiger partial charge in [-0.2, -0.15) is 0 Å². The van der Waals surface area contributed by atoms with Crippen molar-refractivity contribution in [3.8, 4) is 0 Å². The van der Waals surface area contributed by atoms with Crippen LogP contribution in [0.1, 0.15) is 15.9 Å². The minimum atomic E-state index is 0.109. The van der Waals surface area contributed by atoms with E-state index in [0.717, 1.165) is 53.2 Å². The predicted molar refractivity (Wildman–Crippen MR) is 108 cm³/mol. The molecular weight excluding hydrogens is 344 g/mol. The minimum Gasteiger partial charge on any atom is -0.368 e. The molecule has 0 aliphatic carbocycles. The Balaban J connectivity index is 1.48.